The molecule has 0 aromatic carbocycles. The number of rotatable bonds is 7. The van der Waals surface area contributed by atoms with Crippen LogP contribution in [-0.4, -0.2) is 12.5 Å². The summed E-state index contributed by atoms with van der Waals surface area (Å²) in [5, 5.41) is 3.02. The summed E-state index contributed by atoms with van der Waals surface area (Å²) in [6.07, 6.45) is 2.42. The van der Waals surface area contributed by atoms with Crippen molar-refractivity contribution in [2.75, 3.05) is 6.54 Å². The average Bonchev–Trinajstić information content (AvgIpc) is 2.66. The van der Waals surface area contributed by atoms with Gasteiger partial charge in [-0.25, -0.2) is 0 Å². The Labute approximate surface area is 115 Å². The molecule has 0 fully saturated rings. The van der Waals surface area contributed by atoms with Crippen LogP contribution in [0.5, 0.6) is 0 Å². The van der Waals surface area contributed by atoms with Crippen LogP contribution in [0.2, 0.25) is 0 Å². The Morgan fingerprint density at radius 3 is 2.58 bits per heavy atom. The fourth-order valence-corrected chi connectivity index (χ4v) is 2.28. The first-order chi connectivity index (χ1) is 8.93. The summed E-state index contributed by atoms with van der Waals surface area (Å²) in [4.78, 5) is 11.9. The second kappa shape index (κ2) is 7.34. The second-order valence-electron chi connectivity index (χ2n) is 5.38. The predicted octanol–water partition coefficient (Wildman–Crippen LogP) is 2.84. The molecule has 0 bridgehead atoms. The highest BCUT2D eigenvalue weighted by molar-refractivity contribution is 5.76. The van der Waals surface area contributed by atoms with Gasteiger partial charge in [0.15, 0.2) is 0 Å². The molecule has 2 unspecified atom stereocenters. The first-order valence-corrected chi connectivity index (χ1v) is 7.00. The third kappa shape index (κ3) is 5.07. The third-order valence-corrected chi connectivity index (χ3v) is 3.45. The molecule has 108 valence electrons. The summed E-state index contributed by atoms with van der Waals surface area (Å²) in [5.41, 5.74) is 6.56. The molecule has 4 nitrogen and oxygen atoms in total. The number of aryl methyl sites for hydroxylation is 2. The molecule has 0 spiro atoms. The van der Waals surface area contributed by atoms with Crippen LogP contribution in [0.15, 0.2) is 10.5 Å². The molecule has 0 aliphatic rings. The zero-order chi connectivity index (χ0) is 14.4. The fourth-order valence-electron chi connectivity index (χ4n) is 2.28. The largest absolute Gasteiger partial charge is 0.466 e. The van der Waals surface area contributed by atoms with E-state index in [-0.39, 0.29) is 11.9 Å². The fraction of sp³-hybridized carbons (Fsp3) is 0.667. The van der Waals surface area contributed by atoms with Gasteiger partial charge in [0.1, 0.15) is 11.5 Å². The van der Waals surface area contributed by atoms with E-state index in [0.29, 0.717) is 18.9 Å². The minimum absolute atomic E-state index is 0.00485. The average molecular weight is 266 g/mol. The summed E-state index contributed by atoms with van der Waals surface area (Å²) >= 11 is 0. The molecule has 0 aliphatic carbocycles. The van der Waals surface area contributed by atoms with Gasteiger partial charge in [0.05, 0.1) is 6.04 Å². The van der Waals surface area contributed by atoms with Crippen molar-refractivity contribution in [3.63, 3.8) is 0 Å². The third-order valence-electron chi connectivity index (χ3n) is 3.45. The molecule has 1 rings (SSSR count). The van der Waals surface area contributed by atoms with Crippen molar-refractivity contribution in [2.45, 2.75) is 53.0 Å². The lowest BCUT2D eigenvalue weighted by Crippen LogP contribution is -2.27. The van der Waals surface area contributed by atoms with Crippen LogP contribution in [0.4, 0.5) is 0 Å². The van der Waals surface area contributed by atoms with Gasteiger partial charge in [0.2, 0.25) is 5.91 Å². The Morgan fingerprint density at radius 1 is 1.37 bits per heavy atom. The molecule has 4 heteroatoms. The van der Waals surface area contributed by atoms with Crippen LogP contribution in [0, 0.1) is 19.8 Å². The van der Waals surface area contributed by atoms with Gasteiger partial charge in [-0.3, -0.25) is 4.79 Å². The van der Waals surface area contributed by atoms with E-state index in [1.54, 1.807) is 0 Å². The maximum absolute atomic E-state index is 11.9. The van der Waals surface area contributed by atoms with Crippen molar-refractivity contribution < 1.29 is 9.21 Å². The van der Waals surface area contributed by atoms with E-state index in [4.69, 9.17) is 10.2 Å². The van der Waals surface area contributed by atoms with Crippen LogP contribution in [0.25, 0.3) is 0 Å². The number of carbonyl (C=O) groups excluding carboxylic acids is 1. The molecular formula is C15H26N2O2. The van der Waals surface area contributed by atoms with Crippen LogP contribution < -0.4 is 11.1 Å². The summed E-state index contributed by atoms with van der Waals surface area (Å²) in [7, 11) is 0. The van der Waals surface area contributed by atoms with Crippen molar-refractivity contribution >= 4 is 5.91 Å². The maximum atomic E-state index is 11.9. The number of amides is 1. The number of furan rings is 1. The van der Waals surface area contributed by atoms with E-state index >= 15 is 0 Å². The highest BCUT2D eigenvalue weighted by atomic mass is 16.3. The van der Waals surface area contributed by atoms with Crippen molar-refractivity contribution in [2.24, 2.45) is 11.7 Å². The highest BCUT2D eigenvalue weighted by Crippen LogP contribution is 2.21. The summed E-state index contributed by atoms with van der Waals surface area (Å²) in [6, 6.07) is 1.98. The second-order valence-corrected chi connectivity index (χ2v) is 5.38. The van der Waals surface area contributed by atoms with E-state index in [9.17, 15) is 4.79 Å². The molecule has 1 amide bonds. The molecule has 3 N–H and O–H groups in total. The Bertz CT molecular complexity index is 412. The van der Waals surface area contributed by atoms with Gasteiger partial charge < -0.3 is 15.5 Å². The zero-order valence-corrected chi connectivity index (χ0v) is 12.5. The summed E-state index contributed by atoms with van der Waals surface area (Å²) in [5.74, 6) is 2.35. The van der Waals surface area contributed by atoms with Gasteiger partial charge >= 0.3 is 0 Å². The molecule has 0 saturated heterocycles. The van der Waals surface area contributed by atoms with E-state index in [2.05, 4.69) is 12.2 Å². The molecule has 19 heavy (non-hydrogen) atoms. The SMILES string of the molecule is Cc1cc(C(C)NC(=O)CCC(C)CCN)c(C)o1. The van der Waals surface area contributed by atoms with Gasteiger partial charge in [-0.15, -0.1) is 0 Å². The first kappa shape index (κ1) is 15.8. The van der Waals surface area contributed by atoms with E-state index in [1.807, 2.05) is 26.8 Å². The standard InChI is InChI=1S/C15H26N2O2/c1-10(7-8-16)5-6-15(18)17-12(3)14-9-11(2)19-13(14)4/h9-10,12H,5-8,16H2,1-4H3,(H,17,18). The Morgan fingerprint density at radius 2 is 2.05 bits per heavy atom. The Hall–Kier alpha value is -1.29. The molecule has 0 radical (unpaired) electrons. The van der Waals surface area contributed by atoms with Crippen molar-refractivity contribution in [3.8, 4) is 0 Å². The van der Waals surface area contributed by atoms with Gasteiger partial charge in [-0.2, -0.15) is 0 Å². The van der Waals surface area contributed by atoms with Crippen molar-refractivity contribution in [1.29, 1.82) is 0 Å². The lowest BCUT2D eigenvalue weighted by molar-refractivity contribution is -0.122. The van der Waals surface area contributed by atoms with Gasteiger partial charge in [0.25, 0.3) is 0 Å². The monoisotopic (exact) mass is 266 g/mol. The number of hydrogen-bond donors (Lipinski definition) is 2. The number of nitrogens with one attached hydrogen (secondary N) is 1. The minimum Gasteiger partial charge on any atom is -0.466 e. The van der Waals surface area contributed by atoms with Crippen LogP contribution in [0.1, 0.15) is 56.2 Å². The van der Waals surface area contributed by atoms with E-state index in [1.165, 1.54) is 0 Å². The Balaban J connectivity index is 2.42. The number of nitrogens with two attached hydrogens (primary N) is 1. The molecule has 1 heterocycles. The van der Waals surface area contributed by atoms with Crippen molar-refractivity contribution in [1.82, 2.24) is 5.32 Å². The van der Waals surface area contributed by atoms with Gasteiger partial charge in [-0.1, -0.05) is 6.92 Å². The summed E-state index contributed by atoms with van der Waals surface area (Å²) in [6.45, 7) is 8.65. The number of hydrogen-bond acceptors (Lipinski definition) is 3. The quantitative estimate of drug-likeness (QED) is 0.797. The lowest BCUT2D eigenvalue weighted by Gasteiger charge is -2.14. The normalized spacial score (nSPS) is 14.2. The van der Waals surface area contributed by atoms with E-state index in [0.717, 1.165) is 29.9 Å². The van der Waals surface area contributed by atoms with Gasteiger partial charge in [-0.05, 0) is 52.1 Å². The van der Waals surface area contributed by atoms with Crippen molar-refractivity contribution in [3.05, 3.63) is 23.2 Å². The predicted molar refractivity (Wildman–Crippen MR) is 76.8 cm³/mol. The van der Waals surface area contributed by atoms with E-state index < -0.39 is 0 Å². The smallest absolute Gasteiger partial charge is 0.220 e. The highest BCUT2D eigenvalue weighted by Gasteiger charge is 2.15. The molecule has 2 atom stereocenters. The van der Waals surface area contributed by atoms with Gasteiger partial charge in [0, 0.05) is 12.0 Å². The maximum Gasteiger partial charge on any atom is 0.220 e. The van der Waals surface area contributed by atoms with Crippen LogP contribution in [0.3, 0.4) is 0 Å². The first-order valence-electron chi connectivity index (χ1n) is 7.00. The zero-order valence-electron chi connectivity index (χ0n) is 12.5. The number of carbonyl (C=O) groups is 1. The molecular weight excluding hydrogens is 240 g/mol. The molecule has 0 saturated carbocycles. The summed E-state index contributed by atoms with van der Waals surface area (Å²) < 4.78 is 5.48. The minimum atomic E-state index is -0.00485. The molecule has 0 aliphatic heterocycles. The molecule has 1 aromatic heterocycles. The topological polar surface area (TPSA) is 68.3 Å². The Kier molecular flexibility index (Phi) is 6.09. The van der Waals surface area contributed by atoms with Crippen LogP contribution in [-0.2, 0) is 4.79 Å². The van der Waals surface area contributed by atoms with Crippen LogP contribution >= 0.6 is 0 Å². The molecule has 1 aromatic rings. The lowest BCUT2D eigenvalue weighted by atomic mass is 10.0.